The number of amides is 2. The van der Waals surface area contributed by atoms with Gasteiger partial charge >= 0.3 is 0 Å². The number of aromatic nitrogens is 3. The van der Waals surface area contributed by atoms with Crippen LogP contribution in [0.2, 0.25) is 0 Å². The van der Waals surface area contributed by atoms with Crippen LogP contribution in [-0.4, -0.2) is 27.0 Å². The van der Waals surface area contributed by atoms with Crippen molar-refractivity contribution in [2.75, 3.05) is 10.6 Å². The Morgan fingerprint density at radius 3 is 2.50 bits per heavy atom. The molecule has 3 N–H and O–H groups in total. The first kappa shape index (κ1) is 18.5. The number of hydrogen-bond donors (Lipinski definition) is 3. The number of benzene rings is 2. The molecule has 3 aromatic rings. The number of carbonyl (C=O) groups is 2. The maximum Gasteiger partial charge on any atom is 0.255 e. The van der Waals surface area contributed by atoms with E-state index in [0.717, 1.165) is 30.7 Å². The molecule has 1 aromatic heterocycles. The summed E-state index contributed by atoms with van der Waals surface area (Å²) in [7, 11) is 0. The van der Waals surface area contributed by atoms with Crippen molar-refractivity contribution in [2.45, 2.75) is 32.1 Å². The van der Waals surface area contributed by atoms with E-state index in [1.165, 1.54) is 0 Å². The van der Waals surface area contributed by atoms with Crippen molar-refractivity contribution in [2.24, 2.45) is 11.8 Å². The van der Waals surface area contributed by atoms with E-state index in [0.29, 0.717) is 34.6 Å². The highest BCUT2D eigenvalue weighted by molar-refractivity contribution is 6.05. The zero-order chi connectivity index (χ0) is 20.7. The van der Waals surface area contributed by atoms with Crippen molar-refractivity contribution in [3.05, 3.63) is 59.9 Å². The lowest BCUT2D eigenvalue weighted by Crippen LogP contribution is -2.16. The number of aromatic amines is 1. The lowest BCUT2D eigenvalue weighted by Gasteiger charge is -2.09. The van der Waals surface area contributed by atoms with Crippen molar-refractivity contribution in [1.29, 1.82) is 0 Å². The topological polar surface area (TPSA) is 99.8 Å². The van der Waals surface area contributed by atoms with Gasteiger partial charge in [0.1, 0.15) is 5.82 Å². The molecule has 2 fully saturated rings. The van der Waals surface area contributed by atoms with E-state index >= 15 is 0 Å². The summed E-state index contributed by atoms with van der Waals surface area (Å²) in [5, 5.41) is 13.1. The van der Waals surface area contributed by atoms with Gasteiger partial charge in [-0.2, -0.15) is 5.10 Å². The van der Waals surface area contributed by atoms with Gasteiger partial charge in [-0.05, 0) is 55.5 Å². The van der Waals surface area contributed by atoms with Gasteiger partial charge < -0.3 is 10.6 Å². The van der Waals surface area contributed by atoms with Gasteiger partial charge in [-0.25, -0.2) is 4.98 Å². The summed E-state index contributed by atoms with van der Waals surface area (Å²) < 4.78 is 0. The Kier molecular flexibility index (Phi) is 4.58. The zero-order valence-electron chi connectivity index (χ0n) is 16.7. The summed E-state index contributed by atoms with van der Waals surface area (Å²) in [6, 6.07) is 14.5. The number of nitrogens with one attached hydrogen (secondary N) is 3. The molecule has 2 amide bonds. The molecule has 7 nitrogen and oxygen atoms in total. The fourth-order valence-corrected chi connectivity index (χ4v) is 3.54. The van der Waals surface area contributed by atoms with Gasteiger partial charge in [-0.1, -0.05) is 25.1 Å². The van der Waals surface area contributed by atoms with Gasteiger partial charge in [-0.15, -0.1) is 0 Å². The Hall–Kier alpha value is -3.48. The number of carbonyl (C=O) groups excluding carboxylic acids is 2. The molecule has 1 heterocycles. The van der Waals surface area contributed by atoms with E-state index < -0.39 is 0 Å². The highest BCUT2D eigenvalue weighted by atomic mass is 16.2. The van der Waals surface area contributed by atoms with E-state index in [-0.39, 0.29) is 17.7 Å². The Morgan fingerprint density at radius 2 is 1.77 bits per heavy atom. The third kappa shape index (κ3) is 3.96. The number of nitrogens with zero attached hydrogens (tertiary/aromatic N) is 2. The van der Waals surface area contributed by atoms with Crippen LogP contribution in [0.1, 0.15) is 48.3 Å². The molecule has 2 aromatic carbocycles. The Morgan fingerprint density at radius 1 is 1.03 bits per heavy atom. The fourth-order valence-electron chi connectivity index (χ4n) is 3.54. The second-order valence-corrected chi connectivity index (χ2v) is 8.24. The minimum absolute atomic E-state index is 0.0184. The first-order valence-electron chi connectivity index (χ1n) is 10.3. The third-order valence-corrected chi connectivity index (χ3v) is 5.68. The number of hydrogen-bond acceptors (Lipinski definition) is 4. The van der Waals surface area contributed by atoms with Gasteiger partial charge in [0, 0.05) is 34.3 Å². The second-order valence-electron chi connectivity index (χ2n) is 8.24. The molecule has 0 aliphatic heterocycles. The lowest BCUT2D eigenvalue weighted by molar-refractivity contribution is -0.117. The molecular weight excluding hydrogens is 378 g/mol. The Bertz CT molecular complexity index is 1120. The highest BCUT2D eigenvalue weighted by Gasteiger charge is 2.39. The SMILES string of the molecule is CC1CC1C(=O)Nc1cccc(C(=O)Nc2cccc(-c3n[nH]c(C4CC4)n3)c2)c1. The first-order chi connectivity index (χ1) is 14.6. The molecule has 0 spiro atoms. The standard InChI is InChI=1S/C23H23N5O2/c1-13-10-19(13)23(30)25-18-7-3-5-16(12-18)22(29)24-17-6-2-4-15(11-17)21-26-20(27-28-21)14-8-9-14/h2-7,11-14,19H,8-10H2,1H3,(H,24,29)(H,25,30)(H,26,27,28). The summed E-state index contributed by atoms with van der Waals surface area (Å²) in [6.07, 6.45) is 3.24. The van der Waals surface area contributed by atoms with Crippen molar-refractivity contribution in [3.8, 4) is 11.4 Å². The summed E-state index contributed by atoms with van der Waals surface area (Å²) in [5.74, 6) is 2.37. The average molecular weight is 401 g/mol. The van der Waals surface area contributed by atoms with Crippen molar-refractivity contribution >= 4 is 23.2 Å². The van der Waals surface area contributed by atoms with Crippen molar-refractivity contribution in [3.63, 3.8) is 0 Å². The van der Waals surface area contributed by atoms with E-state index in [9.17, 15) is 9.59 Å². The van der Waals surface area contributed by atoms with Crippen molar-refractivity contribution < 1.29 is 9.59 Å². The molecule has 7 heteroatoms. The van der Waals surface area contributed by atoms with Crippen LogP contribution in [0.25, 0.3) is 11.4 Å². The number of rotatable bonds is 6. The maximum absolute atomic E-state index is 12.7. The van der Waals surface area contributed by atoms with Crippen LogP contribution < -0.4 is 10.6 Å². The monoisotopic (exact) mass is 401 g/mol. The van der Waals surface area contributed by atoms with Gasteiger partial charge in [0.2, 0.25) is 5.91 Å². The van der Waals surface area contributed by atoms with Crippen LogP contribution in [0.5, 0.6) is 0 Å². The molecule has 30 heavy (non-hydrogen) atoms. The molecule has 152 valence electrons. The fraction of sp³-hybridized carbons (Fsp3) is 0.304. The molecular formula is C23H23N5O2. The maximum atomic E-state index is 12.7. The molecule has 2 atom stereocenters. The van der Waals surface area contributed by atoms with Gasteiger partial charge in [0.15, 0.2) is 5.82 Å². The van der Waals surface area contributed by atoms with Crippen LogP contribution in [0.15, 0.2) is 48.5 Å². The average Bonchev–Trinajstić information content (AvgIpc) is 3.67. The van der Waals surface area contributed by atoms with Crippen LogP contribution in [-0.2, 0) is 4.79 Å². The summed E-state index contributed by atoms with van der Waals surface area (Å²) in [4.78, 5) is 29.5. The van der Waals surface area contributed by atoms with Gasteiger partial charge in [0.25, 0.3) is 5.91 Å². The van der Waals surface area contributed by atoms with E-state index in [1.54, 1.807) is 24.3 Å². The predicted molar refractivity (Wildman–Crippen MR) is 114 cm³/mol. The zero-order valence-corrected chi connectivity index (χ0v) is 16.7. The van der Waals surface area contributed by atoms with Gasteiger partial charge in [-0.3, -0.25) is 14.7 Å². The van der Waals surface area contributed by atoms with E-state index in [2.05, 4.69) is 32.7 Å². The van der Waals surface area contributed by atoms with Crippen molar-refractivity contribution in [1.82, 2.24) is 15.2 Å². The molecule has 0 saturated heterocycles. The predicted octanol–water partition coefficient (Wildman–Crippen LogP) is 4.20. The molecule has 5 rings (SSSR count). The molecule has 2 aliphatic carbocycles. The molecule has 0 bridgehead atoms. The lowest BCUT2D eigenvalue weighted by atomic mass is 10.1. The number of anilines is 2. The third-order valence-electron chi connectivity index (χ3n) is 5.68. The molecule has 0 radical (unpaired) electrons. The van der Waals surface area contributed by atoms with Crippen LogP contribution >= 0.6 is 0 Å². The number of H-pyrrole nitrogens is 1. The normalized spacial score (nSPS) is 19.9. The first-order valence-corrected chi connectivity index (χ1v) is 10.3. The summed E-state index contributed by atoms with van der Waals surface area (Å²) in [5.41, 5.74) is 2.62. The Labute approximate surface area is 174 Å². The van der Waals surface area contributed by atoms with Crippen LogP contribution in [0.4, 0.5) is 11.4 Å². The Balaban J connectivity index is 1.28. The second kappa shape index (κ2) is 7.40. The summed E-state index contributed by atoms with van der Waals surface area (Å²) >= 11 is 0. The largest absolute Gasteiger partial charge is 0.326 e. The molecule has 2 saturated carbocycles. The smallest absolute Gasteiger partial charge is 0.255 e. The molecule has 2 aliphatic rings. The highest BCUT2D eigenvalue weighted by Crippen LogP contribution is 2.39. The quantitative estimate of drug-likeness (QED) is 0.576. The van der Waals surface area contributed by atoms with E-state index in [1.807, 2.05) is 24.3 Å². The van der Waals surface area contributed by atoms with E-state index in [4.69, 9.17) is 0 Å². The minimum atomic E-state index is -0.239. The van der Waals surface area contributed by atoms with Crippen LogP contribution in [0, 0.1) is 11.8 Å². The van der Waals surface area contributed by atoms with Crippen LogP contribution in [0.3, 0.4) is 0 Å². The molecule has 2 unspecified atom stereocenters. The van der Waals surface area contributed by atoms with Gasteiger partial charge in [0.05, 0.1) is 0 Å². The summed E-state index contributed by atoms with van der Waals surface area (Å²) in [6.45, 7) is 2.06. The minimum Gasteiger partial charge on any atom is -0.326 e.